The highest BCUT2D eigenvalue weighted by Crippen LogP contribution is 2.20. The predicted octanol–water partition coefficient (Wildman–Crippen LogP) is 3.82. The molecule has 0 saturated carbocycles. The van der Waals surface area contributed by atoms with E-state index in [9.17, 15) is 9.59 Å². The van der Waals surface area contributed by atoms with E-state index in [1.165, 1.54) is 0 Å². The van der Waals surface area contributed by atoms with Crippen molar-refractivity contribution in [3.8, 4) is 0 Å². The van der Waals surface area contributed by atoms with E-state index >= 15 is 0 Å². The molecular formula is C20H20ClNO3. The molecule has 0 bridgehead atoms. The Kier molecular flexibility index (Phi) is 5.21. The number of halogens is 1. The second-order valence-corrected chi connectivity index (χ2v) is 6.79. The molecular weight excluding hydrogens is 338 g/mol. The molecule has 1 fully saturated rings. The molecule has 5 heteroatoms. The first kappa shape index (κ1) is 17.6. The smallest absolute Gasteiger partial charge is 0.254 e. The number of rotatable bonds is 3. The largest absolute Gasteiger partial charge is 0.372 e. The summed E-state index contributed by atoms with van der Waals surface area (Å²) in [6, 6.07) is 13.6. The van der Waals surface area contributed by atoms with Gasteiger partial charge in [0.2, 0.25) is 0 Å². The molecule has 2 aromatic rings. The van der Waals surface area contributed by atoms with E-state index in [0.29, 0.717) is 34.8 Å². The standard InChI is InChI=1S/C20H20ClNO3/c1-13-11-22(12-14(2)25-13)20(24)18-6-4-3-5-17(18)19(23)15-7-9-16(21)10-8-15/h3-10,13-14H,11-12H2,1-2H3. The van der Waals surface area contributed by atoms with Gasteiger partial charge in [-0.1, -0.05) is 29.8 Å². The molecule has 1 saturated heterocycles. The van der Waals surface area contributed by atoms with Gasteiger partial charge in [-0.25, -0.2) is 0 Å². The maximum atomic E-state index is 13.0. The lowest BCUT2D eigenvalue weighted by Crippen LogP contribution is -2.48. The summed E-state index contributed by atoms with van der Waals surface area (Å²) < 4.78 is 5.69. The van der Waals surface area contributed by atoms with Crippen LogP contribution in [0, 0.1) is 0 Å². The SMILES string of the molecule is CC1CN(C(=O)c2ccccc2C(=O)c2ccc(Cl)cc2)CC(C)O1. The third-order valence-corrected chi connectivity index (χ3v) is 4.47. The van der Waals surface area contributed by atoms with Crippen LogP contribution in [-0.2, 0) is 4.74 Å². The van der Waals surface area contributed by atoms with E-state index in [1.807, 2.05) is 13.8 Å². The highest BCUT2D eigenvalue weighted by molar-refractivity contribution is 6.30. The molecule has 4 nitrogen and oxygen atoms in total. The quantitative estimate of drug-likeness (QED) is 0.784. The van der Waals surface area contributed by atoms with Crippen LogP contribution in [0.15, 0.2) is 48.5 Å². The summed E-state index contributed by atoms with van der Waals surface area (Å²) in [5, 5.41) is 0.567. The van der Waals surface area contributed by atoms with Crippen molar-refractivity contribution in [1.82, 2.24) is 4.90 Å². The Morgan fingerprint density at radius 1 is 0.960 bits per heavy atom. The highest BCUT2D eigenvalue weighted by Gasteiger charge is 2.28. The van der Waals surface area contributed by atoms with Crippen molar-refractivity contribution in [1.29, 1.82) is 0 Å². The molecule has 25 heavy (non-hydrogen) atoms. The number of nitrogens with zero attached hydrogens (tertiary/aromatic N) is 1. The van der Waals surface area contributed by atoms with Crippen LogP contribution < -0.4 is 0 Å². The Bertz CT molecular complexity index is 778. The lowest BCUT2D eigenvalue weighted by Gasteiger charge is -2.35. The van der Waals surface area contributed by atoms with Gasteiger partial charge in [-0.3, -0.25) is 9.59 Å². The van der Waals surface area contributed by atoms with Crippen LogP contribution >= 0.6 is 11.6 Å². The van der Waals surface area contributed by atoms with Gasteiger partial charge < -0.3 is 9.64 Å². The maximum Gasteiger partial charge on any atom is 0.254 e. The molecule has 1 aliphatic heterocycles. The topological polar surface area (TPSA) is 46.6 Å². The number of benzene rings is 2. The normalized spacial score (nSPS) is 20.4. The average Bonchev–Trinajstić information content (AvgIpc) is 2.60. The molecule has 0 radical (unpaired) electrons. The summed E-state index contributed by atoms with van der Waals surface area (Å²) in [4.78, 5) is 27.6. The van der Waals surface area contributed by atoms with Gasteiger partial charge in [0.15, 0.2) is 5.78 Å². The first-order chi connectivity index (χ1) is 12.0. The Balaban J connectivity index is 1.91. The fourth-order valence-electron chi connectivity index (χ4n) is 3.14. The lowest BCUT2D eigenvalue weighted by molar-refractivity contribution is -0.0586. The van der Waals surface area contributed by atoms with E-state index in [2.05, 4.69) is 0 Å². The van der Waals surface area contributed by atoms with E-state index in [0.717, 1.165) is 0 Å². The minimum Gasteiger partial charge on any atom is -0.372 e. The van der Waals surface area contributed by atoms with E-state index in [1.54, 1.807) is 53.4 Å². The first-order valence-corrected chi connectivity index (χ1v) is 8.67. The zero-order valence-electron chi connectivity index (χ0n) is 14.2. The molecule has 0 aliphatic carbocycles. The number of hydrogen-bond donors (Lipinski definition) is 0. The average molecular weight is 358 g/mol. The minimum atomic E-state index is -0.185. The van der Waals surface area contributed by atoms with E-state index < -0.39 is 0 Å². The van der Waals surface area contributed by atoms with Crippen molar-refractivity contribution in [2.45, 2.75) is 26.1 Å². The predicted molar refractivity (Wildman–Crippen MR) is 97.2 cm³/mol. The van der Waals surface area contributed by atoms with Crippen LogP contribution in [0.2, 0.25) is 5.02 Å². The first-order valence-electron chi connectivity index (χ1n) is 8.29. The number of hydrogen-bond acceptors (Lipinski definition) is 3. The van der Waals surface area contributed by atoms with Crippen molar-refractivity contribution in [3.63, 3.8) is 0 Å². The summed E-state index contributed by atoms with van der Waals surface area (Å²) >= 11 is 5.89. The molecule has 1 amide bonds. The molecule has 2 unspecified atom stereocenters. The third kappa shape index (κ3) is 3.91. The van der Waals surface area contributed by atoms with Crippen LogP contribution in [0.3, 0.4) is 0 Å². The summed E-state index contributed by atoms with van der Waals surface area (Å²) in [6.45, 7) is 4.93. The highest BCUT2D eigenvalue weighted by atomic mass is 35.5. The number of carbonyl (C=O) groups excluding carboxylic acids is 2. The van der Waals surface area contributed by atoms with Crippen molar-refractivity contribution in [2.75, 3.05) is 13.1 Å². The molecule has 2 aromatic carbocycles. The Morgan fingerprint density at radius 3 is 2.12 bits per heavy atom. The number of morpholine rings is 1. The van der Waals surface area contributed by atoms with Crippen LogP contribution in [0.1, 0.15) is 40.1 Å². The summed E-state index contributed by atoms with van der Waals surface area (Å²) in [6.07, 6.45) is -0.0429. The van der Waals surface area contributed by atoms with Gasteiger partial charge >= 0.3 is 0 Å². The van der Waals surface area contributed by atoms with Crippen molar-refractivity contribution in [3.05, 3.63) is 70.2 Å². The van der Waals surface area contributed by atoms with Crippen molar-refractivity contribution >= 4 is 23.3 Å². The van der Waals surface area contributed by atoms with Crippen LogP contribution in [-0.4, -0.2) is 41.9 Å². The minimum absolute atomic E-state index is 0.0215. The summed E-state index contributed by atoms with van der Waals surface area (Å²) in [5.74, 6) is -0.324. The number of ether oxygens (including phenoxy) is 1. The molecule has 1 aliphatic rings. The fraction of sp³-hybridized carbons (Fsp3) is 0.300. The molecule has 0 aromatic heterocycles. The van der Waals surface area contributed by atoms with Gasteiger partial charge in [-0.2, -0.15) is 0 Å². The van der Waals surface area contributed by atoms with Gasteiger partial charge in [0.05, 0.1) is 17.8 Å². The number of carbonyl (C=O) groups is 2. The van der Waals surface area contributed by atoms with Gasteiger partial charge in [0, 0.05) is 29.2 Å². The Morgan fingerprint density at radius 2 is 1.52 bits per heavy atom. The second kappa shape index (κ2) is 7.38. The van der Waals surface area contributed by atoms with Crippen LogP contribution in [0.25, 0.3) is 0 Å². The number of amides is 1. The number of ketones is 1. The van der Waals surface area contributed by atoms with Crippen LogP contribution in [0.4, 0.5) is 0 Å². The molecule has 130 valence electrons. The van der Waals surface area contributed by atoms with Gasteiger partial charge in [-0.05, 0) is 44.2 Å². The molecule has 2 atom stereocenters. The third-order valence-electron chi connectivity index (χ3n) is 4.22. The van der Waals surface area contributed by atoms with Crippen molar-refractivity contribution in [2.24, 2.45) is 0 Å². The van der Waals surface area contributed by atoms with E-state index in [4.69, 9.17) is 16.3 Å². The van der Waals surface area contributed by atoms with Gasteiger partial charge in [0.25, 0.3) is 5.91 Å². The van der Waals surface area contributed by atoms with Crippen LogP contribution in [0.5, 0.6) is 0 Å². The van der Waals surface area contributed by atoms with Gasteiger partial charge in [0.1, 0.15) is 0 Å². The Labute approximate surface area is 152 Å². The molecule has 0 spiro atoms. The molecule has 1 heterocycles. The monoisotopic (exact) mass is 357 g/mol. The molecule has 3 rings (SSSR count). The molecule has 0 N–H and O–H groups in total. The lowest BCUT2D eigenvalue weighted by atomic mass is 9.97. The Hall–Kier alpha value is -2.17. The second-order valence-electron chi connectivity index (χ2n) is 6.35. The summed E-state index contributed by atoms with van der Waals surface area (Å²) in [7, 11) is 0. The summed E-state index contributed by atoms with van der Waals surface area (Å²) in [5.41, 5.74) is 1.33. The fourth-order valence-corrected chi connectivity index (χ4v) is 3.26. The van der Waals surface area contributed by atoms with Crippen molar-refractivity contribution < 1.29 is 14.3 Å². The van der Waals surface area contributed by atoms with Gasteiger partial charge in [-0.15, -0.1) is 0 Å². The van der Waals surface area contributed by atoms with E-state index in [-0.39, 0.29) is 23.9 Å². The maximum absolute atomic E-state index is 13.0. The zero-order valence-corrected chi connectivity index (χ0v) is 15.0. The zero-order chi connectivity index (χ0) is 18.0.